The van der Waals surface area contributed by atoms with E-state index in [0.717, 1.165) is 0 Å². The molecular weight excluding hydrogens is 212 g/mol. The summed E-state index contributed by atoms with van der Waals surface area (Å²) in [6, 6.07) is 1.33. The minimum absolute atomic E-state index is 0.666. The number of hydrogen-bond donors (Lipinski definition) is 1. The first kappa shape index (κ1) is 14.9. The average Bonchev–Trinajstić information content (AvgIpc) is 2.21. The van der Waals surface area contributed by atoms with Gasteiger partial charge in [0.25, 0.3) is 0 Å². The van der Waals surface area contributed by atoms with Crippen LogP contribution in [0.5, 0.6) is 0 Å². The van der Waals surface area contributed by atoms with Crippen LogP contribution in [0.1, 0.15) is 13.8 Å². The van der Waals surface area contributed by atoms with Gasteiger partial charge < -0.3 is 20.0 Å². The zero-order chi connectivity index (χ0) is 12.8. The molecule has 0 aromatic carbocycles. The molecule has 0 saturated carbocycles. The second-order valence-corrected chi connectivity index (χ2v) is 5.80. The van der Waals surface area contributed by atoms with Gasteiger partial charge in [0.05, 0.1) is 0 Å². The van der Waals surface area contributed by atoms with Gasteiger partial charge in [-0.15, -0.1) is 0 Å². The fourth-order valence-electron chi connectivity index (χ4n) is 2.51. The molecule has 0 radical (unpaired) electrons. The molecule has 0 aliphatic carbocycles. The Kier molecular flexibility index (Phi) is 6.41. The Balaban J connectivity index is 0.000000171. The first-order valence-electron chi connectivity index (χ1n) is 6.79. The van der Waals surface area contributed by atoms with Gasteiger partial charge in [-0.2, -0.15) is 0 Å². The second-order valence-electron chi connectivity index (χ2n) is 5.80. The van der Waals surface area contributed by atoms with Crippen LogP contribution in [-0.4, -0.2) is 87.2 Å². The highest BCUT2D eigenvalue weighted by Gasteiger charge is 2.16. The third-order valence-corrected chi connectivity index (χ3v) is 3.47. The van der Waals surface area contributed by atoms with Crippen molar-refractivity contribution in [3.05, 3.63) is 0 Å². The van der Waals surface area contributed by atoms with Crippen molar-refractivity contribution in [1.29, 1.82) is 0 Å². The highest BCUT2D eigenvalue weighted by Crippen LogP contribution is 1.99. The molecule has 0 aromatic rings. The summed E-state index contributed by atoms with van der Waals surface area (Å²) in [6.45, 7) is 11.8. The molecule has 2 heterocycles. The molecule has 2 rings (SSSR count). The van der Waals surface area contributed by atoms with Crippen LogP contribution in [0.4, 0.5) is 0 Å². The Bertz CT molecular complexity index is 167. The SMILES string of the molecule is CC1CN(C)CC(C)N1.CN1CCN(C)CC1. The van der Waals surface area contributed by atoms with Gasteiger partial charge in [0.15, 0.2) is 0 Å². The van der Waals surface area contributed by atoms with Crippen LogP contribution in [0.3, 0.4) is 0 Å². The lowest BCUT2D eigenvalue weighted by atomic mass is 10.2. The van der Waals surface area contributed by atoms with Crippen molar-refractivity contribution < 1.29 is 0 Å². The maximum Gasteiger partial charge on any atom is 0.0169 e. The van der Waals surface area contributed by atoms with E-state index in [1.165, 1.54) is 39.3 Å². The average molecular weight is 242 g/mol. The van der Waals surface area contributed by atoms with Crippen molar-refractivity contribution in [1.82, 2.24) is 20.0 Å². The largest absolute Gasteiger partial charge is 0.309 e. The van der Waals surface area contributed by atoms with Crippen LogP contribution in [-0.2, 0) is 0 Å². The van der Waals surface area contributed by atoms with E-state index in [4.69, 9.17) is 0 Å². The first-order valence-corrected chi connectivity index (χ1v) is 6.79. The predicted molar refractivity (Wildman–Crippen MR) is 74.6 cm³/mol. The van der Waals surface area contributed by atoms with E-state index >= 15 is 0 Å². The van der Waals surface area contributed by atoms with E-state index < -0.39 is 0 Å². The van der Waals surface area contributed by atoms with Crippen LogP contribution in [0.2, 0.25) is 0 Å². The number of hydrogen-bond acceptors (Lipinski definition) is 4. The summed E-state index contributed by atoms with van der Waals surface area (Å²) in [5, 5.41) is 3.47. The third kappa shape index (κ3) is 6.36. The molecule has 0 bridgehead atoms. The molecule has 2 aliphatic rings. The van der Waals surface area contributed by atoms with Gasteiger partial charge >= 0.3 is 0 Å². The molecule has 0 aromatic heterocycles. The normalized spacial score (nSPS) is 33.0. The standard InChI is InChI=1S/C7H16N2.C6H14N2/c1-6-4-9(3)5-7(2)8-6;1-7-3-5-8(2)6-4-7/h6-8H,4-5H2,1-3H3;3-6H2,1-2H3. The monoisotopic (exact) mass is 242 g/mol. The Morgan fingerprint density at radius 1 is 0.706 bits per heavy atom. The van der Waals surface area contributed by atoms with Crippen molar-refractivity contribution in [2.45, 2.75) is 25.9 Å². The van der Waals surface area contributed by atoms with Gasteiger partial charge in [0, 0.05) is 51.4 Å². The molecule has 2 unspecified atom stereocenters. The van der Waals surface area contributed by atoms with Gasteiger partial charge in [0.2, 0.25) is 0 Å². The number of rotatable bonds is 0. The summed E-state index contributed by atoms with van der Waals surface area (Å²) in [5.74, 6) is 0. The van der Waals surface area contributed by atoms with Crippen LogP contribution in [0, 0.1) is 0 Å². The lowest BCUT2D eigenvalue weighted by Crippen LogP contribution is -2.52. The molecule has 2 aliphatic heterocycles. The molecule has 2 atom stereocenters. The van der Waals surface area contributed by atoms with Crippen molar-refractivity contribution in [3.63, 3.8) is 0 Å². The van der Waals surface area contributed by atoms with E-state index in [-0.39, 0.29) is 0 Å². The number of nitrogens with zero attached hydrogens (tertiary/aromatic N) is 3. The summed E-state index contributed by atoms with van der Waals surface area (Å²) < 4.78 is 0. The summed E-state index contributed by atoms with van der Waals surface area (Å²) in [5.41, 5.74) is 0. The molecule has 0 amide bonds. The highest BCUT2D eigenvalue weighted by molar-refractivity contribution is 4.78. The van der Waals surface area contributed by atoms with E-state index in [1.54, 1.807) is 0 Å². The lowest BCUT2D eigenvalue weighted by molar-refractivity contribution is 0.181. The fraction of sp³-hybridized carbons (Fsp3) is 1.00. The van der Waals surface area contributed by atoms with E-state index in [2.05, 4.69) is 55.0 Å². The van der Waals surface area contributed by atoms with Gasteiger partial charge in [-0.3, -0.25) is 0 Å². The highest BCUT2D eigenvalue weighted by atomic mass is 15.2. The smallest absolute Gasteiger partial charge is 0.0169 e. The van der Waals surface area contributed by atoms with Gasteiger partial charge in [-0.05, 0) is 35.0 Å². The molecule has 0 spiro atoms. The Morgan fingerprint density at radius 2 is 1.06 bits per heavy atom. The van der Waals surface area contributed by atoms with Gasteiger partial charge in [-0.1, -0.05) is 0 Å². The number of piperazine rings is 2. The molecule has 4 heteroatoms. The van der Waals surface area contributed by atoms with Crippen LogP contribution in [0.15, 0.2) is 0 Å². The van der Waals surface area contributed by atoms with E-state index in [1.807, 2.05) is 0 Å². The van der Waals surface area contributed by atoms with Crippen LogP contribution < -0.4 is 5.32 Å². The van der Waals surface area contributed by atoms with Crippen molar-refractivity contribution >= 4 is 0 Å². The summed E-state index contributed by atoms with van der Waals surface area (Å²) in [4.78, 5) is 7.09. The summed E-state index contributed by atoms with van der Waals surface area (Å²) >= 11 is 0. The van der Waals surface area contributed by atoms with E-state index in [0.29, 0.717) is 12.1 Å². The quantitative estimate of drug-likeness (QED) is 0.653. The summed E-state index contributed by atoms with van der Waals surface area (Å²) in [6.07, 6.45) is 0. The maximum atomic E-state index is 3.47. The lowest BCUT2D eigenvalue weighted by Gasteiger charge is -2.33. The molecular formula is C13H30N4. The molecule has 2 saturated heterocycles. The minimum atomic E-state index is 0.666. The van der Waals surface area contributed by atoms with Crippen LogP contribution in [0.25, 0.3) is 0 Å². The minimum Gasteiger partial charge on any atom is -0.309 e. The van der Waals surface area contributed by atoms with Gasteiger partial charge in [-0.25, -0.2) is 0 Å². The van der Waals surface area contributed by atoms with Crippen LogP contribution >= 0.6 is 0 Å². The van der Waals surface area contributed by atoms with Crippen molar-refractivity contribution in [3.8, 4) is 0 Å². The van der Waals surface area contributed by atoms with Gasteiger partial charge in [0.1, 0.15) is 0 Å². The van der Waals surface area contributed by atoms with Crippen molar-refractivity contribution in [2.75, 3.05) is 60.4 Å². The zero-order valence-corrected chi connectivity index (χ0v) is 12.2. The maximum absolute atomic E-state index is 3.47. The molecule has 17 heavy (non-hydrogen) atoms. The third-order valence-electron chi connectivity index (χ3n) is 3.47. The first-order chi connectivity index (χ1) is 7.97. The van der Waals surface area contributed by atoms with E-state index in [9.17, 15) is 0 Å². The molecule has 102 valence electrons. The van der Waals surface area contributed by atoms with Crippen molar-refractivity contribution in [2.24, 2.45) is 0 Å². The zero-order valence-electron chi connectivity index (χ0n) is 12.2. The number of nitrogens with one attached hydrogen (secondary N) is 1. The Hall–Kier alpha value is -0.160. The topological polar surface area (TPSA) is 21.8 Å². The molecule has 1 N–H and O–H groups in total. The Morgan fingerprint density at radius 3 is 1.35 bits per heavy atom. The number of likely N-dealkylation sites (N-methyl/N-ethyl adjacent to an activating group) is 3. The second kappa shape index (κ2) is 7.31. The summed E-state index contributed by atoms with van der Waals surface area (Å²) in [7, 11) is 6.52. The molecule has 4 nitrogen and oxygen atoms in total. The molecule has 2 fully saturated rings. The Labute approximate surface area is 107 Å². The fourth-order valence-corrected chi connectivity index (χ4v) is 2.51. The predicted octanol–water partition coefficient (Wildman–Crippen LogP) is 0.162.